The summed E-state index contributed by atoms with van der Waals surface area (Å²) in [6.45, 7) is 2.78. The number of hydrogen-bond acceptors (Lipinski definition) is 2. The maximum Gasteiger partial charge on any atom is 0.253 e. The summed E-state index contributed by atoms with van der Waals surface area (Å²) in [5.74, 6) is 0.0564. The molecule has 0 aromatic heterocycles. The molecular formula is C20H22ClFN2O. The van der Waals surface area contributed by atoms with Crippen molar-refractivity contribution in [1.29, 1.82) is 0 Å². The van der Waals surface area contributed by atoms with E-state index in [-0.39, 0.29) is 10.9 Å². The van der Waals surface area contributed by atoms with Gasteiger partial charge in [0.25, 0.3) is 5.91 Å². The number of halogens is 2. The van der Waals surface area contributed by atoms with E-state index in [1.54, 1.807) is 17.0 Å². The van der Waals surface area contributed by atoms with Crippen molar-refractivity contribution in [2.45, 2.75) is 12.8 Å². The highest BCUT2D eigenvalue weighted by Gasteiger charge is 2.19. The summed E-state index contributed by atoms with van der Waals surface area (Å²) in [5, 5.41) is 3.46. The molecule has 132 valence electrons. The van der Waals surface area contributed by atoms with E-state index in [0.29, 0.717) is 11.5 Å². The average Bonchev–Trinajstić information content (AvgIpc) is 2.64. The van der Waals surface area contributed by atoms with Crippen LogP contribution in [0, 0.1) is 11.7 Å². The molecule has 2 aromatic carbocycles. The third-order valence-electron chi connectivity index (χ3n) is 4.64. The van der Waals surface area contributed by atoms with Crippen molar-refractivity contribution in [3.63, 3.8) is 0 Å². The van der Waals surface area contributed by atoms with Gasteiger partial charge in [-0.2, -0.15) is 0 Å². The van der Waals surface area contributed by atoms with Gasteiger partial charge >= 0.3 is 0 Å². The average molecular weight is 361 g/mol. The van der Waals surface area contributed by atoms with Crippen LogP contribution in [0.1, 0.15) is 23.2 Å². The highest BCUT2D eigenvalue weighted by atomic mass is 35.5. The first-order valence-corrected chi connectivity index (χ1v) is 8.94. The van der Waals surface area contributed by atoms with E-state index in [1.165, 1.54) is 6.07 Å². The fraction of sp³-hybridized carbons (Fsp3) is 0.350. The standard InChI is InChI=1S/C20H22ClFN2O/c1-24(13-14-4-3-9-23-12-14)20(25)17-6-2-5-15(10-17)16-7-8-19(22)18(21)11-16/h2,5-8,10-11,14,23H,3-4,9,12-13H2,1H3/t14-/m0/s1. The summed E-state index contributed by atoms with van der Waals surface area (Å²) in [7, 11) is 1.85. The van der Waals surface area contributed by atoms with Crippen LogP contribution in [-0.2, 0) is 0 Å². The van der Waals surface area contributed by atoms with Gasteiger partial charge in [0.1, 0.15) is 5.82 Å². The lowest BCUT2D eigenvalue weighted by Gasteiger charge is -2.27. The molecule has 1 N–H and O–H groups in total. The first-order valence-electron chi connectivity index (χ1n) is 8.56. The number of amides is 1. The van der Waals surface area contributed by atoms with Crippen molar-refractivity contribution < 1.29 is 9.18 Å². The summed E-state index contributed by atoms with van der Waals surface area (Å²) in [4.78, 5) is 14.5. The molecule has 0 bridgehead atoms. The lowest BCUT2D eigenvalue weighted by atomic mass is 9.98. The molecule has 1 heterocycles. The molecule has 3 rings (SSSR count). The third-order valence-corrected chi connectivity index (χ3v) is 4.93. The highest BCUT2D eigenvalue weighted by molar-refractivity contribution is 6.31. The number of benzene rings is 2. The first kappa shape index (κ1) is 17.9. The van der Waals surface area contributed by atoms with E-state index >= 15 is 0 Å². The maximum absolute atomic E-state index is 13.4. The molecule has 1 saturated heterocycles. The van der Waals surface area contributed by atoms with Crippen LogP contribution in [0.15, 0.2) is 42.5 Å². The summed E-state index contributed by atoms with van der Waals surface area (Å²) in [5.41, 5.74) is 2.27. The zero-order valence-electron chi connectivity index (χ0n) is 14.3. The van der Waals surface area contributed by atoms with Crippen molar-refractivity contribution in [2.24, 2.45) is 5.92 Å². The molecule has 1 fully saturated rings. The quantitative estimate of drug-likeness (QED) is 0.885. The van der Waals surface area contributed by atoms with Crippen molar-refractivity contribution >= 4 is 17.5 Å². The van der Waals surface area contributed by atoms with Crippen LogP contribution in [0.25, 0.3) is 11.1 Å². The lowest BCUT2D eigenvalue weighted by Crippen LogP contribution is -2.39. The van der Waals surface area contributed by atoms with Crippen LogP contribution >= 0.6 is 11.6 Å². The summed E-state index contributed by atoms with van der Waals surface area (Å²) in [6, 6.07) is 12.0. The topological polar surface area (TPSA) is 32.3 Å². The van der Waals surface area contributed by atoms with Gasteiger partial charge in [-0.25, -0.2) is 4.39 Å². The Hall–Kier alpha value is -1.91. The minimum Gasteiger partial charge on any atom is -0.341 e. The van der Waals surface area contributed by atoms with E-state index in [1.807, 2.05) is 31.3 Å². The normalized spacial score (nSPS) is 17.3. The van der Waals surface area contributed by atoms with E-state index in [4.69, 9.17) is 11.6 Å². The Morgan fingerprint density at radius 2 is 2.08 bits per heavy atom. The fourth-order valence-electron chi connectivity index (χ4n) is 3.28. The Bertz CT molecular complexity index is 759. The van der Waals surface area contributed by atoms with Crippen molar-refractivity contribution in [2.75, 3.05) is 26.7 Å². The maximum atomic E-state index is 13.4. The number of piperidine rings is 1. The van der Waals surface area contributed by atoms with Gasteiger partial charge in [-0.1, -0.05) is 29.8 Å². The summed E-state index contributed by atoms with van der Waals surface area (Å²) < 4.78 is 13.4. The van der Waals surface area contributed by atoms with E-state index < -0.39 is 5.82 Å². The minimum atomic E-state index is -0.446. The van der Waals surface area contributed by atoms with Crippen LogP contribution in [0.3, 0.4) is 0 Å². The van der Waals surface area contributed by atoms with Gasteiger partial charge in [-0.3, -0.25) is 4.79 Å². The van der Waals surface area contributed by atoms with E-state index in [9.17, 15) is 9.18 Å². The predicted octanol–water partition coefficient (Wildman–Crippen LogP) is 4.22. The molecule has 1 aliphatic rings. The number of nitrogens with zero attached hydrogens (tertiary/aromatic N) is 1. The third kappa shape index (κ3) is 4.39. The largest absolute Gasteiger partial charge is 0.341 e. The molecule has 0 spiro atoms. The monoisotopic (exact) mass is 360 g/mol. The number of nitrogens with one attached hydrogen (secondary N) is 1. The molecule has 0 radical (unpaired) electrons. The zero-order chi connectivity index (χ0) is 17.8. The van der Waals surface area contributed by atoms with Crippen molar-refractivity contribution in [3.8, 4) is 11.1 Å². The molecule has 2 aromatic rings. The van der Waals surface area contributed by atoms with Gasteiger partial charge in [0.05, 0.1) is 5.02 Å². The Morgan fingerprint density at radius 3 is 2.80 bits per heavy atom. The smallest absolute Gasteiger partial charge is 0.253 e. The SMILES string of the molecule is CN(C[C@H]1CCCNC1)C(=O)c1cccc(-c2ccc(F)c(Cl)c2)c1. The van der Waals surface area contributed by atoms with Crippen LogP contribution in [-0.4, -0.2) is 37.5 Å². The van der Waals surface area contributed by atoms with Gasteiger partial charge in [-0.15, -0.1) is 0 Å². The van der Waals surface area contributed by atoms with Crippen molar-refractivity contribution in [3.05, 3.63) is 58.9 Å². The van der Waals surface area contributed by atoms with Gasteiger partial charge in [0, 0.05) is 19.2 Å². The second-order valence-corrected chi connectivity index (χ2v) is 7.01. The summed E-state index contributed by atoms with van der Waals surface area (Å²) >= 11 is 5.87. The van der Waals surface area contributed by atoms with E-state index in [2.05, 4.69) is 5.32 Å². The number of carbonyl (C=O) groups excluding carboxylic acids is 1. The number of carbonyl (C=O) groups is 1. The molecule has 1 amide bonds. The molecule has 0 saturated carbocycles. The van der Waals surface area contributed by atoms with Gasteiger partial charge in [0.2, 0.25) is 0 Å². The molecule has 0 aliphatic carbocycles. The number of hydrogen-bond donors (Lipinski definition) is 1. The van der Waals surface area contributed by atoms with Gasteiger partial charge in [0.15, 0.2) is 0 Å². The van der Waals surface area contributed by atoms with Gasteiger partial charge < -0.3 is 10.2 Å². The predicted molar refractivity (Wildman–Crippen MR) is 99.4 cm³/mol. The Labute approximate surface area is 152 Å². The minimum absolute atomic E-state index is 0.000585. The first-order chi connectivity index (χ1) is 12.0. The molecule has 1 atom stereocenters. The fourth-order valence-corrected chi connectivity index (χ4v) is 3.46. The van der Waals surface area contributed by atoms with Crippen LogP contribution in [0.2, 0.25) is 5.02 Å². The van der Waals surface area contributed by atoms with Gasteiger partial charge in [-0.05, 0) is 67.2 Å². The molecule has 25 heavy (non-hydrogen) atoms. The van der Waals surface area contributed by atoms with Crippen molar-refractivity contribution in [1.82, 2.24) is 10.2 Å². The van der Waals surface area contributed by atoms with Crippen LogP contribution < -0.4 is 5.32 Å². The Balaban J connectivity index is 1.75. The molecule has 3 nitrogen and oxygen atoms in total. The van der Waals surface area contributed by atoms with E-state index in [0.717, 1.165) is 43.6 Å². The molecule has 1 aliphatic heterocycles. The molecule has 5 heteroatoms. The molecular weight excluding hydrogens is 339 g/mol. The zero-order valence-corrected chi connectivity index (χ0v) is 15.0. The second-order valence-electron chi connectivity index (χ2n) is 6.61. The van der Waals surface area contributed by atoms with Crippen LogP contribution in [0.4, 0.5) is 4.39 Å². The Morgan fingerprint density at radius 1 is 1.28 bits per heavy atom. The Kier molecular flexibility index (Phi) is 5.71. The number of rotatable bonds is 4. The lowest BCUT2D eigenvalue weighted by molar-refractivity contribution is 0.0765. The highest BCUT2D eigenvalue weighted by Crippen LogP contribution is 2.26. The summed E-state index contributed by atoms with van der Waals surface area (Å²) in [6.07, 6.45) is 2.31. The second kappa shape index (κ2) is 7.98. The molecule has 0 unspecified atom stereocenters. The van der Waals surface area contributed by atoms with Crippen LogP contribution in [0.5, 0.6) is 0 Å².